The van der Waals surface area contributed by atoms with Crippen LogP contribution in [0.5, 0.6) is 11.5 Å². The fourth-order valence-electron chi connectivity index (χ4n) is 5.32. The van der Waals surface area contributed by atoms with Crippen molar-refractivity contribution in [1.82, 2.24) is 14.3 Å². The molecule has 1 saturated carbocycles. The van der Waals surface area contributed by atoms with Crippen molar-refractivity contribution in [3.05, 3.63) is 72.8 Å². The topological polar surface area (TPSA) is 105 Å². The van der Waals surface area contributed by atoms with Crippen LogP contribution in [0.15, 0.2) is 40.4 Å². The molecule has 0 N–H and O–H groups in total. The predicted molar refractivity (Wildman–Crippen MR) is 172 cm³/mol. The number of rotatable bonds is 6. The second kappa shape index (κ2) is 14.2. The number of carbonyl (C=O) groups is 2. The molecule has 242 valence electrons. The summed E-state index contributed by atoms with van der Waals surface area (Å²) < 4.78 is 33.4. The van der Waals surface area contributed by atoms with Gasteiger partial charge >= 0.3 is 17.7 Å². The SMILES string of the molecule is C#CCOc1cc(-n2nc3n(c2=O)CCCC3)c(Cl)cc1Cl.CC(C)=C1OC(=O)N(c2cc(OC3CCCC3)c(Cl)cc2F)C1=O. The van der Waals surface area contributed by atoms with Crippen LogP contribution in [-0.2, 0) is 22.5 Å². The van der Waals surface area contributed by atoms with Crippen LogP contribution < -0.4 is 20.1 Å². The third kappa shape index (κ3) is 6.89. The van der Waals surface area contributed by atoms with Gasteiger partial charge in [-0.2, -0.15) is 4.68 Å². The number of anilines is 1. The lowest BCUT2D eigenvalue weighted by Gasteiger charge is -2.18. The van der Waals surface area contributed by atoms with Gasteiger partial charge in [0, 0.05) is 25.1 Å². The van der Waals surface area contributed by atoms with Crippen molar-refractivity contribution >= 4 is 52.5 Å². The first-order valence-electron chi connectivity index (χ1n) is 14.6. The molecule has 0 radical (unpaired) electrons. The molecule has 2 fully saturated rings. The number of allylic oxidation sites excluding steroid dienone is 1. The molecule has 6 rings (SSSR count). The highest BCUT2D eigenvalue weighted by atomic mass is 35.5. The van der Waals surface area contributed by atoms with Crippen LogP contribution in [0.2, 0.25) is 15.1 Å². The van der Waals surface area contributed by atoms with E-state index in [2.05, 4.69) is 11.0 Å². The van der Waals surface area contributed by atoms with Gasteiger partial charge in [-0.05, 0) is 70.1 Å². The highest BCUT2D eigenvalue weighted by Crippen LogP contribution is 2.38. The van der Waals surface area contributed by atoms with E-state index < -0.39 is 17.8 Å². The van der Waals surface area contributed by atoms with Gasteiger partial charge < -0.3 is 14.2 Å². The lowest BCUT2D eigenvalue weighted by atomic mass is 10.2. The Balaban J connectivity index is 0.000000182. The molecule has 3 aliphatic rings. The lowest BCUT2D eigenvalue weighted by Crippen LogP contribution is -2.29. The predicted octanol–water partition coefficient (Wildman–Crippen LogP) is 7.27. The van der Waals surface area contributed by atoms with Gasteiger partial charge in [0.1, 0.15) is 29.7 Å². The Morgan fingerprint density at radius 2 is 1.70 bits per heavy atom. The van der Waals surface area contributed by atoms with Crippen molar-refractivity contribution in [1.29, 1.82) is 0 Å². The van der Waals surface area contributed by atoms with E-state index in [0.29, 0.717) is 38.5 Å². The quantitative estimate of drug-likeness (QED) is 0.198. The highest BCUT2D eigenvalue weighted by Gasteiger charge is 2.40. The van der Waals surface area contributed by atoms with Crippen LogP contribution in [0.3, 0.4) is 0 Å². The highest BCUT2D eigenvalue weighted by molar-refractivity contribution is 6.36. The van der Waals surface area contributed by atoms with Crippen LogP contribution in [0.25, 0.3) is 5.69 Å². The molecule has 3 heterocycles. The smallest absolute Gasteiger partial charge is 0.427 e. The molecule has 1 saturated heterocycles. The molecule has 1 aliphatic carbocycles. The van der Waals surface area contributed by atoms with Crippen molar-refractivity contribution < 1.29 is 28.2 Å². The Morgan fingerprint density at radius 3 is 2.35 bits per heavy atom. The number of carbonyl (C=O) groups excluding carboxylic acids is 2. The maximum absolute atomic E-state index is 14.3. The molecule has 0 spiro atoms. The number of hydrogen-bond donors (Lipinski definition) is 0. The number of benzene rings is 2. The number of terminal acetylenes is 1. The zero-order valence-corrected chi connectivity index (χ0v) is 27.3. The number of ether oxygens (including phenoxy) is 3. The first-order valence-corrected chi connectivity index (χ1v) is 15.8. The lowest BCUT2D eigenvalue weighted by molar-refractivity contribution is -0.114. The van der Waals surface area contributed by atoms with Crippen LogP contribution in [0.1, 0.15) is 58.2 Å². The van der Waals surface area contributed by atoms with E-state index in [0.717, 1.165) is 56.8 Å². The van der Waals surface area contributed by atoms with Crippen LogP contribution in [-0.4, -0.2) is 39.1 Å². The molecule has 10 nitrogen and oxygen atoms in total. The summed E-state index contributed by atoms with van der Waals surface area (Å²) in [5.74, 6) is 2.18. The third-order valence-electron chi connectivity index (χ3n) is 7.57. The van der Waals surface area contributed by atoms with Crippen molar-refractivity contribution in [2.75, 3.05) is 11.5 Å². The van der Waals surface area contributed by atoms with Crippen LogP contribution >= 0.6 is 34.8 Å². The van der Waals surface area contributed by atoms with Gasteiger partial charge in [-0.25, -0.2) is 18.9 Å². The molecule has 3 aromatic rings. The van der Waals surface area contributed by atoms with E-state index in [4.69, 9.17) is 55.4 Å². The molecule has 14 heteroatoms. The number of aryl methyl sites for hydroxylation is 1. The van der Waals surface area contributed by atoms with Crippen molar-refractivity contribution in [2.45, 2.75) is 71.4 Å². The van der Waals surface area contributed by atoms with Gasteiger partial charge in [0.25, 0.3) is 0 Å². The average molecular weight is 692 g/mol. The fourth-order valence-corrected chi connectivity index (χ4v) is 6.03. The Kier molecular flexibility index (Phi) is 10.3. The summed E-state index contributed by atoms with van der Waals surface area (Å²) >= 11 is 18.3. The van der Waals surface area contributed by atoms with E-state index in [1.54, 1.807) is 24.5 Å². The van der Waals surface area contributed by atoms with Crippen molar-refractivity contribution in [3.63, 3.8) is 0 Å². The van der Waals surface area contributed by atoms with Gasteiger partial charge in [-0.3, -0.25) is 9.36 Å². The van der Waals surface area contributed by atoms with Gasteiger partial charge in [0.15, 0.2) is 5.76 Å². The second-order valence-corrected chi connectivity index (χ2v) is 12.3. The number of halogens is 4. The van der Waals surface area contributed by atoms with Gasteiger partial charge in [-0.1, -0.05) is 40.7 Å². The number of imide groups is 1. The van der Waals surface area contributed by atoms with E-state index in [-0.39, 0.29) is 40.6 Å². The van der Waals surface area contributed by atoms with E-state index in [1.807, 2.05) is 0 Å². The van der Waals surface area contributed by atoms with E-state index in [9.17, 15) is 18.8 Å². The normalized spacial score (nSPS) is 16.0. The number of hydrogen-bond acceptors (Lipinski definition) is 7. The monoisotopic (exact) mass is 690 g/mol. The number of amides is 2. The first kappa shape index (κ1) is 33.4. The number of cyclic esters (lactones) is 1. The molecular formula is C32H30Cl3FN4O6. The fraction of sp³-hybridized carbons (Fsp3) is 0.375. The minimum atomic E-state index is -0.941. The third-order valence-corrected chi connectivity index (χ3v) is 8.47. The van der Waals surface area contributed by atoms with E-state index >= 15 is 0 Å². The molecular weight excluding hydrogens is 662 g/mol. The second-order valence-electron chi connectivity index (χ2n) is 11.0. The summed E-state index contributed by atoms with van der Waals surface area (Å²) in [6, 6.07) is 5.43. The summed E-state index contributed by atoms with van der Waals surface area (Å²) in [5.41, 5.74) is 0.540. The Morgan fingerprint density at radius 1 is 1.00 bits per heavy atom. The van der Waals surface area contributed by atoms with E-state index in [1.165, 1.54) is 16.8 Å². The summed E-state index contributed by atoms with van der Waals surface area (Å²) in [7, 11) is 0. The van der Waals surface area contributed by atoms with Crippen molar-refractivity contribution in [2.24, 2.45) is 0 Å². The standard InChI is InChI=1S/C17H17ClFNO4.C15H13Cl2N3O2/c1-9(2)15-16(21)20(17(22)24-15)13-8-14(11(18)7-12(13)19)23-10-5-3-4-6-10;1-2-7-22-13-9-12(10(16)8-11(13)17)20-15(21)19-6-4-3-5-14(19)18-20/h7-8,10H,3-6H2,1-2H3;1,8-9H,3-7H2. The molecule has 46 heavy (non-hydrogen) atoms. The summed E-state index contributed by atoms with van der Waals surface area (Å²) in [6.07, 6.45) is 11.0. The Labute approximate surface area is 279 Å². The molecule has 2 aliphatic heterocycles. The summed E-state index contributed by atoms with van der Waals surface area (Å²) in [4.78, 5) is 37.5. The average Bonchev–Trinajstić information content (AvgIpc) is 3.73. The minimum absolute atomic E-state index is 0.00962. The number of nitrogens with zero attached hydrogens (tertiary/aromatic N) is 4. The number of fused-ring (bicyclic) bond motifs is 1. The van der Waals surface area contributed by atoms with Gasteiger partial charge in [0.05, 0.1) is 32.5 Å². The molecule has 1 aromatic heterocycles. The van der Waals surface area contributed by atoms with Crippen LogP contribution in [0.4, 0.5) is 14.9 Å². The molecule has 0 unspecified atom stereocenters. The van der Waals surface area contributed by atoms with Crippen LogP contribution in [0, 0.1) is 18.2 Å². The molecule has 2 aromatic carbocycles. The maximum atomic E-state index is 14.3. The van der Waals surface area contributed by atoms with Gasteiger partial charge in [0.2, 0.25) is 0 Å². The largest absolute Gasteiger partial charge is 0.489 e. The summed E-state index contributed by atoms with van der Waals surface area (Å²) in [5, 5.41) is 5.14. The summed E-state index contributed by atoms with van der Waals surface area (Å²) in [6.45, 7) is 4.03. The maximum Gasteiger partial charge on any atom is 0.427 e. The molecule has 0 bridgehead atoms. The number of aromatic nitrogens is 3. The van der Waals surface area contributed by atoms with Gasteiger partial charge in [-0.15, -0.1) is 11.5 Å². The van der Waals surface area contributed by atoms with Crippen molar-refractivity contribution in [3.8, 4) is 29.5 Å². The molecule has 0 atom stereocenters. The minimum Gasteiger partial charge on any atom is -0.489 e. The first-order chi connectivity index (χ1) is 22.0. The zero-order chi connectivity index (χ0) is 33.1. The Hall–Kier alpha value is -3.98. The zero-order valence-electron chi connectivity index (χ0n) is 25.1. The Bertz CT molecular complexity index is 1820. The molecule has 2 amide bonds.